The van der Waals surface area contributed by atoms with Crippen LogP contribution in [-0.2, 0) is 26.2 Å². The molecule has 11 heteroatoms. The van der Waals surface area contributed by atoms with E-state index in [2.05, 4.69) is 0 Å². The standard InChI is InChI=1S/C16H13F3N2O5S/c17-11-5-6-12(15(19)14(11)18)27(24,25)21-7-13(22)26-8-9-1-3-10(4-2-9)16(20)23/h1-6,21H,7-8H2,(H2,20,23). The Morgan fingerprint density at radius 3 is 2.22 bits per heavy atom. The zero-order chi connectivity index (χ0) is 20.2. The second kappa shape index (κ2) is 8.18. The lowest BCUT2D eigenvalue weighted by Gasteiger charge is -2.09. The minimum atomic E-state index is -4.61. The van der Waals surface area contributed by atoms with E-state index in [9.17, 15) is 31.2 Å². The van der Waals surface area contributed by atoms with Crippen LogP contribution in [0, 0.1) is 17.5 Å². The number of rotatable bonds is 7. The predicted octanol–water partition coefficient (Wildman–Crippen LogP) is 1.22. The Bertz CT molecular complexity index is 978. The van der Waals surface area contributed by atoms with Gasteiger partial charge >= 0.3 is 5.97 Å². The molecule has 7 nitrogen and oxygen atoms in total. The SMILES string of the molecule is NC(=O)c1ccc(COC(=O)CNS(=O)(=O)c2ccc(F)c(F)c2F)cc1. The molecule has 0 spiro atoms. The lowest BCUT2D eigenvalue weighted by molar-refractivity contribution is -0.143. The third-order valence-electron chi connectivity index (χ3n) is 3.33. The number of nitrogens with two attached hydrogens (primary N) is 1. The Morgan fingerprint density at radius 2 is 1.63 bits per heavy atom. The molecule has 1 amide bonds. The summed E-state index contributed by atoms with van der Waals surface area (Å²) in [5, 5.41) is 0. The Morgan fingerprint density at radius 1 is 1.00 bits per heavy atom. The van der Waals surface area contributed by atoms with E-state index >= 15 is 0 Å². The van der Waals surface area contributed by atoms with Gasteiger partial charge in [-0.15, -0.1) is 0 Å². The van der Waals surface area contributed by atoms with Gasteiger partial charge in [0.05, 0.1) is 0 Å². The molecular formula is C16H13F3N2O5S. The van der Waals surface area contributed by atoms with Crippen molar-refractivity contribution >= 4 is 21.9 Å². The summed E-state index contributed by atoms with van der Waals surface area (Å²) < 4.78 is 69.9. The normalized spacial score (nSPS) is 11.2. The molecule has 0 heterocycles. The van der Waals surface area contributed by atoms with Gasteiger partial charge in [-0.25, -0.2) is 21.6 Å². The van der Waals surface area contributed by atoms with Gasteiger partial charge in [0.1, 0.15) is 18.0 Å². The van der Waals surface area contributed by atoms with Crippen LogP contribution in [0.4, 0.5) is 13.2 Å². The smallest absolute Gasteiger partial charge is 0.321 e. The molecule has 3 N–H and O–H groups in total. The number of amides is 1. The molecule has 0 aliphatic carbocycles. The number of carbonyl (C=O) groups excluding carboxylic acids is 2. The second-order valence-electron chi connectivity index (χ2n) is 5.22. The van der Waals surface area contributed by atoms with Crippen molar-refractivity contribution in [1.82, 2.24) is 4.72 Å². The van der Waals surface area contributed by atoms with Crippen LogP contribution in [-0.4, -0.2) is 26.8 Å². The van der Waals surface area contributed by atoms with Crippen LogP contribution in [0.2, 0.25) is 0 Å². The molecule has 0 radical (unpaired) electrons. The lowest BCUT2D eigenvalue weighted by atomic mass is 10.1. The summed E-state index contributed by atoms with van der Waals surface area (Å²) in [7, 11) is -4.61. The van der Waals surface area contributed by atoms with E-state index in [0.29, 0.717) is 17.7 Å². The summed E-state index contributed by atoms with van der Waals surface area (Å²) in [6.07, 6.45) is 0. The van der Waals surface area contributed by atoms with Gasteiger partial charge in [-0.2, -0.15) is 4.72 Å². The Balaban J connectivity index is 1.94. The summed E-state index contributed by atoms with van der Waals surface area (Å²) in [4.78, 5) is 21.4. The largest absolute Gasteiger partial charge is 0.460 e. The second-order valence-corrected chi connectivity index (χ2v) is 6.96. The summed E-state index contributed by atoms with van der Waals surface area (Å²) in [5.41, 5.74) is 5.84. The molecule has 0 fully saturated rings. The van der Waals surface area contributed by atoms with Gasteiger partial charge < -0.3 is 10.5 Å². The molecular weight excluding hydrogens is 389 g/mol. The van der Waals surface area contributed by atoms with E-state index in [1.165, 1.54) is 24.3 Å². The molecule has 2 aromatic rings. The van der Waals surface area contributed by atoms with Crippen LogP contribution in [0.5, 0.6) is 0 Å². The van der Waals surface area contributed by atoms with Gasteiger partial charge in [0.25, 0.3) is 0 Å². The van der Waals surface area contributed by atoms with E-state index in [4.69, 9.17) is 10.5 Å². The van der Waals surface area contributed by atoms with Crippen molar-refractivity contribution in [1.29, 1.82) is 0 Å². The van der Waals surface area contributed by atoms with Crippen LogP contribution in [0.1, 0.15) is 15.9 Å². The van der Waals surface area contributed by atoms with Gasteiger partial charge in [-0.05, 0) is 29.8 Å². The molecule has 0 atom stereocenters. The molecule has 0 aliphatic rings. The third kappa shape index (κ3) is 5.05. The number of benzene rings is 2. The van der Waals surface area contributed by atoms with Gasteiger partial charge in [-0.1, -0.05) is 12.1 Å². The number of halogens is 3. The fraction of sp³-hybridized carbons (Fsp3) is 0.125. The summed E-state index contributed by atoms with van der Waals surface area (Å²) in [5.74, 6) is -7.02. The van der Waals surface area contributed by atoms with E-state index in [1.807, 2.05) is 0 Å². The van der Waals surface area contributed by atoms with Gasteiger partial charge in [-0.3, -0.25) is 9.59 Å². The Hall–Kier alpha value is -2.92. The van der Waals surface area contributed by atoms with Crippen LogP contribution in [0.25, 0.3) is 0 Å². The Labute approximate surface area is 152 Å². The molecule has 0 saturated heterocycles. The quantitative estimate of drug-likeness (QED) is 0.534. The monoisotopic (exact) mass is 402 g/mol. The van der Waals surface area contributed by atoms with Crippen LogP contribution in [0.15, 0.2) is 41.3 Å². The first kappa shape index (κ1) is 20.4. The zero-order valence-corrected chi connectivity index (χ0v) is 14.4. The van der Waals surface area contributed by atoms with E-state index in [-0.39, 0.29) is 12.2 Å². The third-order valence-corrected chi connectivity index (χ3v) is 4.75. The fourth-order valence-electron chi connectivity index (χ4n) is 1.93. The van der Waals surface area contributed by atoms with Gasteiger partial charge in [0.2, 0.25) is 15.9 Å². The maximum absolute atomic E-state index is 13.6. The minimum absolute atomic E-state index is 0.223. The van der Waals surface area contributed by atoms with E-state index < -0.39 is 50.8 Å². The van der Waals surface area contributed by atoms with E-state index in [0.717, 1.165) is 0 Å². The number of sulfonamides is 1. The summed E-state index contributed by atoms with van der Waals surface area (Å²) in [6, 6.07) is 6.77. The van der Waals surface area contributed by atoms with Crippen LogP contribution >= 0.6 is 0 Å². The molecule has 2 aromatic carbocycles. The molecule has 0 saturated carbocycles. The molecule has 2 rings (SSSR count). The van der Waals surface area contributed by atoms with Gasteiger partial charge in [0, 0.05) is 5.56 Å². The maximum Gasteiger partial charge on any atom is 0.321 e. The number of carbonyl (C=O) groups is 2. The predicted molar refractivity (Wildman–Crippen MR) is 86.3 cm³/mol. The van der Waals surface area contributed by atoms with Crippen molar-refractivity contribution in [3.63, 3.8) is 0 Å². The highest BCUT2D eigenvalue weighted by molar-refractivity contribution is 7.89. The topological polar surface area (TPSA) is 116 Å². The Kier molecular flexibility index (Phi) is 6.18. The molecule has 0 aromatic heterocycles. The highest BCUT2D eigenvalue weighted by Crippen LogP contribution is 2.19. The lowest BCUT2D eigenvalue weighted by Crippen LogP contribution is -2.31. The average Bonchev–Trinajstić information content (AvgIpc) is 2.63. The van der Waals surface area contributed by atoms with Crippen LogP contribution in [0.3, 0.4) is 0 Å². The summed E-state index contributed by atoms with van der Waals surface area (Å²) in [6.45, 7) is -1.08. The van der Waals surface area contributed by atoms with E-state index in [1.54, 1.807) is 4.72 Å². The van der Waals surface area contributed by atoms with Crippen molar-refractivity contribution < 1.29 is 35.9 Å². The molecule has 0 aliphatic heterocycles. The first-order chi connectivity index (χ1) is 12.6. The highest BCUT2D eigenvalue weighted by atomic mass is 32.2. The molecule has 0 unspecified atom stereocenters. The van der Waals surface area contributed by atoms with Crippen molar-refractivity contribution in [3.8, 4) is 0 Å². The first-order valence-corrected chi connectivity index (χ1v) is 8.77. The number of esters is 1. The van der Waals surface area contributed by atoms with Crippen LogP contribution < -0.4 is 10.5 Å². The molecule has 144 valence electrons. The number of primary amides is 1. The zero-order valence-electron chi connectivity index (χ0n) is 13.5. The number of ether oxygens (including phenoxy) is 1. The number of hydrogen-bond acceptors (Lipinski definition) is 5. The molecule has 27 heavy (non-hydrogen) atoms. The molecule has 0 bridgehead atoms. The highest BCUT2D eigenvalue weighted by Gasteiger charge is 2.24. The van der Waals surface area contributed by atoms with Crippen molar-refractivity contribution in [3.05, 3.63) is 65.0 Å². The van der Waals surface area contributed by atoms with Gasteiger partial charge in [0.15, 0.2) is 17.5 Å². The van der Waals surface area contributed by atoms with Crippen molar-refractivity contribution in [2.24, 2.45) is 5.73 Å². The minimum Gasteiger partial charge on any atom is -0.460 e. The van der Waals surface area contributed by atoms with Crippen molar-refractivity contribution in [2.45, 2.75) is 11.5 Å². The number of hydrogen-bond donors (Lipinski definition) is 2. The first-order valence-electron chi connectivity index (χ1n) is 7.29. The summed E-state index contributed by atoms with van der Waals surface area (Å²) >= 11 is 0. The maximum atomic E-state index is 13.6. The number of nitrogens with one attached hydrogen (secondary N) is 1. The average molecular weight is 402 g/mol. The van der Waals surface area contributed by atoms with Crippen molar-refractivity contribution in [2.75, 3.05) is 6.54 Å². The fourth-order valence-corrected chi connectivity index (χ4v) is 2.96.